The topological polar surface area (TPSA) is 77.5 Å². The number of benzene rings is 2. The van der Waals surface area contributed by atoms with Gasteiger partial charge < -0.3 is 24.1 Å². The van der Waals surface area contributed by atoms with Gasteiger partial charge in [-0.25, -0.2) is 0 Å². The molecule has 1 heterocycles. The average Bonchev–Trinajstić information content (AvgIpc) is 3.01. The van der Waals surface area contributed by atoms with Gasteiger partial charge in [-0.1, -0.05) is 30.3 Å². The van der Waals surface area contributed by atoms with Gasteiger partial charge in [-0.3, -0.25) is 9.69 Å². The van der Waals surface area contributed by atoms with Crippen LogP contribution in [0, 0.1) is 3.57 Å². The van der Waals surface area contributed by atoms with E-state index in [0.717, 1.165) is 5.56 Å². The fourth-order valence-corrected chi connectivity index (χ4v) is 4.70. The Morgan fingerprint density at radius 1 is 1.17 bits per heavy atom. The first-order chi connectivity index (χ1) is 14.3. The van der Waals surface area contributed by atoms with Crippen LogP contribution in [-0.2, 0) is 19.7 Å². The molecule has 0 saturated carbocycles. The molecule has 2 aromatic rings. The van der Waals surface area contributed by atoms with Crippen molar-refractivity contribution in [3.8, 4) is 5.75 Å². The van der Waals surface area contributed by atoms with Crippen molar-refractivity contribution in [1.82, 2.24) is 4.90 Å². The van der Waals surface area contributed by atoms with E-state index in [0.29, 0.717) is 26.0 Å². The zero-order valence-electron chi connectivity index (χ0n) is 17.6. The molecule has 1 amide bonds. The molecule has 0 radical (unpaired) electrons. The van der Waals surface area contributed by atoms with E-state index in [-0.39, 0.29) is 12.7 Å². The lowest BCUT2D eigenvalue weighted by Crippen LogP contribution is -2.44. The van der Waals surface area contributed by atoms with Gasteiger partial charge in [0.05, 0.1) is 22.2 Å². The van der Waals surface area contributed by atoms with E-state index >= 15 is 0 Å². The number of hydrogen-bond acceptors (Lipinski definition) is 6. The summed E-state index contributed by atoms with van der Waals surface area (Å²) in [6, 6.07) is 11.4. The van der Waals surface area contributed by atoms with Crippen LogP contribution in [-0.4, -0.2) is 44.0 Å². The highest BCUT2D eigenvalue weighted by atomic mass is 127. The Morgan fingerprint density at radius 3 is 2.37 bits per heavy atom. The molecule has 3 rings (SSSR count). The highest BCUT2D eigenvalue weighted by Crippen LogP contribution is 2.49. The molecule has 0 bridgehead atoms. The van der Waals surface area contributed by atoms with Crippen LogP contribution in [0.3, 0.4) is 0 Å². The minimum atomic E-state index is -1.21. The van der Waals surface area contributed by atoms with Gasteiger partial charge in [0.25, 0.3) is 5.91 Å². The second-order valence-corrected chi connectivity index (χ2v) is 8.56. The maximum atomic E-state index is 13.5. The molecule has 1 unspecified atom stereocenters. The summed E-state index contributed by atoms with van der Waals surface area (Å²) >= 11 is 2.09. The molecule has 7 nitrogen and oxygen atoms in total. The normalized spacial score (nSPS) is 16.3. The number of carbonyl (C=O) groups excluding carboxylic acids is 1. The fraction of sp³-hybridized carbons (Fsp3) is 0.409. The van der Waals surface area contributed by atoms with Crippen molar-refractivity contribution in [3.05, 3.63) is 62.2 Å². The maximum Gasteiger partial charge on any atom is 0.258 e. The molecular weight excluding hydrogens is 501 g/mol. The number of carbonyl (C=O) groups is 1. The van der Waals surface area contributed by atoms with Crippen molar-refractivity contribution < 1.29 is 28.8 Å². The van der Waals surface area contributed by atoms with Gasteiger partial charge in [-0.2, -0.15) is 0 Å². The number of rotatable bonds is 8. The molecule has 0 fully saturated rings. The smallest absolute Gasteiger partial charge is 0.258 e. The second kappa shape index (κ2) is 9.19. The van der Waals surface area contributed by atoms with E-state index in [4.69, 9.17) is 18.9 Å². The lowest BCUT2D eigenvalue weighted by atomic mass is 9.92. The van der Waals surface area contributed by atoms with Gasteiger partial charge in [0.2, 0.25) is 0 Å². The number of aliphatic hydroxyl groups excluding tert-OH is 1. The van der Waals surface area contributed by atoms with Crippen LogP contribution in [0.15, 0.2) is 36.4 Å². The number of aliphatic hydroxyl groups is 1. The largest absolute Gasteiger partial charge is 0.467 e. The van der Waals surface area contributed by atoms with E-state index in [2.05, 4.69) is 22.6 Å². The molecule has 0 saturated heterocycles. The van der Waals surface area contributed by atoms with Crippen LogP contribution in [0.4, 0.5) is 0 Å². The molecule has 2 aromatic carbocycles. The summed E-state index contributed by atoms with van der Waals surface area (Å²) in [7, 11) is 4.53. The molecule has 162 valence electrons. The standard InChI is InChI=1S/C22H26INO6/c1-22(2,13-9-7-6-8-10-13)24-19(25)16-15(23)11-14(21(28-4)29-5)18(30-12-27-3)17(16)20(24)26/h6-11,20-21,26H,12H2,1-5H3. The predicted octanol–water partition coefficient (Wildman–Crippen LogP) is 3.95. The first kappa shape index (κ1) is 23.0. The molecule has 8 heteroatoms. The van der Waals surface area contributed by atoms with Crippen molar-refractivity contribution >= 4 is 28.5 Å². The molecule has 0 aromatic heterocycles. The third-order valence-corrected chi connectivity index (χ3v) is 6.17. The minimum Gasteiger partial charge on any atom is -0.467 e. The van der Waals surface area contributed by atoms with Crippen molar-refractivity contribution in [2.75, 3.05) is 28.1 Å². The Labute approximate surface area is 190 Å². The molecule has 1 aliphatic heterocycles. The third kappa shape index (κ3) is 3.82. The molecule has 1 N–H and O–H groups in total. The number of nitrogens with zero attached hydrogens (tertiary/aromatic N) is 1. The Kier molecular flexibility index (Phi) is 7.03. The average molecular weight is 527 g/mol. The monoisotopic (exact) mass is 527 g/mol. The van der Waals surface area contributed by atoms with Crippen molar-refractivity contribution in [2.45, 2.75) is 31.9 Å². The first-order valence-electron chi connectivity index (χ1n) is 9.40. The number of ether oxygens (including phenoxy) is 4. The zero-order chi connectivity index (χ0) is 22.1. The SMILES string of the molecule is COCOc1c(C(OC)OC)cc(I)c2c1C(O)N(C(C)(C)c1ccccc1)C2=O. The van der Waals surface area contributed by atoms with Gasteiger partial charge >= 0.3 is 0 Å². The summed E-state index contributed by atoms with van der Waals surface area (Å²) in [6.45, 7) is 3.76. The van der Waals surface area contributed by atoms with Gasteiger partial charge in [0, 0.05) is 24.9 Å². The van der Waals surface area contributed by atoms with Crippen molar-refractivity contribution in [3.63, 3.8) is 0 Å². The highest BCUT2D eigenvalue weighted by Gasteiger charge is 2.48. The van der Waals surface area contributed by atoms with Crippen LogP contribution in [0.25, 0.3) is 0 Å². The Morgan fingerprint density at radius 2 is 1.80 bits per heavy atom. The fourth-order valence-electron chi connectivity index (χ4n) is 3.85. The third-order valence-electron chi connectivity index (χ3n) is 5.32. The summed E-state index contributed by atoms with van der Waals surface area (Å²) in [5.74, 6) is 0.0594. The minimum absolute atomic E-state index is 0.0524. The van der Waals surface area contributed by atoms with Crippen molar-refractivity contribution in [2.24, 2.45) is 0 Å². The van der Waals surface area contributed by atoms with E-state index in [9.17, 15) is 9.90 Å². The number of fused-ring (bicyclic) bond motifs is 1. The summed E-state index contributed by atoms with van der Waals surface area (Å²) in [4.78, 5) is 15.0. The number of hydrogen-bond donors (Lipinski definition) is 1. The summed E-state index contributed by atoms with van der Waals surface area (Å²) in [5.41, 5.74) is 1.52. The molecule has 1 aliphatic rings. The van der Waals surface area contributed by atoms with E-state index in [1.54, 1.807) is 6.07 Å². The van der Waals surface area contributed by atoms with Gasteiger partial charge in [-0.05, 0) is 48.1 Å². The molecule has 1 atom stereocenters. The maximum absolute atomic E-state index is 13.5. The number of halogens is 1. The summed E-state index contributed by atoms with van der Waals surface area (Å²) in [6.07, 6.45) is -1.94. The van der Waals surface area contributed by atoms with Gasteiger partial charge in [0.1, 0.15) is 5.75 Å². The first-order valence-corrected chi connectivity index (χ1v) is 10.5. The molecule has 0 aliphatic carbocycles. The second-order valence-electron chi connectivity index (χ2n) is 7.39. The van der Waals surface area contributed by atoms with E-state index < -0.39 is 18.1 Å². The Bertz CT molecular complexity index is 914. The number of methoxy groups -OCH3 is 3. The van der Waals surface area contributed by atoms with E-state index in [1.807, 2.05) is 44.2 Å². The highest BCUT2D eigenvalue weighted by molar-refractivity contribution is 14.1. The molecule has 0 spiro atoms. The van der Waals surface area contributed by atoms with Crippen LogP contribution in [0.5, 0.6) is 5.75 Å². The van der Waals surface area contributed by atoms with E-state index in [1.165, 1.54) is 26.2 Å². The van der Waals surface area contributed by atoms with Gasteiger partial charge in [0.15, 0.2) is 19.3 Å². The van der Waals surface area contributed by atoms with Gasteiger partial charge in [-0.15, -0.1) is 0 Å². The summed E-state index contributed by atoms with van der Waals surface area (Å²) in [5, 5.41) is 11.4. The molecule has 30 heavy (non-hydrogen) atoms. The lowest BCUT2D eigenvalue weighted by molar-refractivity contribution is -0.108. The Hall–Kier alpha value is -1.72. The van der Waals surface area contributed by atoms with Crippen LogP contribution < -0.4 is 4.74 Å². The zero-order valence-corrected chi connectivity index (χ0v) is 19.8. The predicted molar refractivity (Wildman–Crippen MR) is 119 cm³/mol. The summed E-state index contributed by atoms with van der Waals surface area (Å²) < 4.78 is 22.4. The van der Waals surface area contributed by atoms with Crippen LogP contribution >= 0.6 is 22.6 Å². The van der Waals surface area contributed by atoms with Crippen molar-refractivity contribution in [1.29, 1.82) is 0 Å². The lowest BCUT2D eigenvalue weighted by Gasteiger charge is -2.38. The van der Waals surface area contributed by atoms with Crippen LogP contribution in [0.1, 0.15) is 53.4 Å². The number of amides is 1. The van der Waals surface area contributed by atoms with Crippen LogP contribution in [0.2, 0.25) is 0 Å². The quantitative estimate of drug-likeness (QED) is 0.414. The molecular formula is C22H26INO6. The Balaban J connectivity index is 2.19.